The Balaban J connectivity index is 1.72. The van der Waals surface area contributed by atoms with Crippen LogP contribution in [0.2, 0.25) is 0 Å². The van der Waals surface area contributed by atoms with Crippen molar-refractivity contribution in [1.82, 2.24) is 10.3 Å². The van der Waals surface area contributed by atoms with Gasteiger partial charge in [-0.2, -0.15) is 0 Å². The number of hydrogen-bond acceptors (Lipinski definition) is 2. The molecular weight excluding hydrogens is 244 g/mol. The summed E-state index contributed by atoms with van der Waals surface area (Å²) in [4.78, 5) is 4.59. The van der Waals surface area contributed by atoms with Crippen LogP contribution in [-0.2, 0) is 19.3 Å². The third-order valence-electron chi connectivity index (χ3n) is 4.47. The molecule has 0 saturated carbocycles. The molecule has 2 aromatic rings. The molecule has 0 aliphatic heterocycles. The standard InChI is InChI=1S/C18H22N2/c1-3-13-8-9-15(20-12-13)11-18(19-2)17-10-14-6-4-5-7-16(14)17/h4-9,12,17-19H,3,10-11H2,1-2H3. The van der Waals surface area contributed by atoms with E-state index in [1.54, 1.807) is 0 Å². The van der Waals surface area contributed by atoms with E-state index in [9.17, 15) is 0 Å². The number of nitrogens with one attached hydrogen (secondary N) is 1. The zero-order chi connectivity index (χ0) is 13.9. The van der Waals surface area contributed by atoms with Crippen molar-refractivity contribution in [3.05, 3.63) is 65.0 Å². The highest BCUT2D eigenvalue weighted by Crippen LogP contribution is 2.38. The van der Waals surface area contributed by atoms with Crippen LogP contribution < -0.4 is 5.32 Å². The van der Waals surface area contributed by atoms with Gasteiger partial charge in [-0.15, -0.1) is 0 Å². The minimum atomic E-state index is 0.477. The van der Waals surface area contributed by atoms with E-state index in [1.165, 1.54) is 28.8 Å². The number of hydrogen-bond donors (Lipinski definition) is 1. The van der Waals surface area contributed by atoms with Gasteiger partial charge in [0.05, 0.1) is 0 Å². The molecule has 1 heterocycles. The zero-order valence-electron chi connectivity index (χ0n) is 12.3. The Bertz CT molecular complexity index is 574. The number of rotatable bonds is 5. The largest absolute Gasteiger partial charge is 0.316 e. The molecule has 20 heavy (non-hydrogen) atoms. The van der Waals surface area contributed by atoms with Gasteiger partial charge in [0.2, 0.25) is 0 Å². The van der Waals surface area contributed by atoms with Gasteiger partial charge in [0.15, 0.2) is 0 Å². The van der Waals surface area contributed by atoms with Crippen molar-refractivity contribution in [2.45, 2.75) is 38.1 Å². The first-order valence-electron chi connectivity index (χ1n) is 7.50. The normalized spacial score (nSPS) is 18.2. The molecule has 1 aliphatic rings. The molecule has 2 unspecified atom stereocenters. The minimum absolute atomic E-state index is 0.477. The lowest BCUT2D eigenvalue weighted by Crippen LogP contribution is -2.39. The molecule has 0 radical (unpaired) electrons. The minimum Gasteiger partial charge on any atom is -0.316 e. The summed E-state index contributed by atoms with van der Waals surface area (Å²) in [6, 6.07) is 13.6. The van der Waals surface area contributed by atoms with Gasteiger partial charge in [-0.05, 0) is 42.6 Å². The molecule has 1 aromatic heterocycles. The highest BCUT2D eigenvalue weighted by atomic mass is 14.9. The summed E-state index contributed by atoms with van der Waals surface area (Å²) in [7, 11) is 2.06. The van der Waals surface area contributed by atoms with Crippen molar-refractivity contribution < 1.29 is 0 Å². The monoisotopic (exact) mass is 266 g/mol. The van der Waals surface area contributed by atoms with E-state index >= 15 is 0 Å². The molecule has 2 nitrogen and oxygen atoms in total. The molecule has 1 aromatic carbocycles. The number of aromatic nitrogens is 1. The second-order valence-corrected chi connectivity index (χ2v) is 5.62. The predicted molar refractivity (Wildman–Crippen MR) is 83.1 cm³/mol. The summed E-state index contributed by atoms with van der Waals surface area (Å²) in [5.41, 5.74) is 5.51. The highest BCUT2D eigenvalue weighted by molar-refractivity contribution is 5.41. The molecule has 0 fully saturated rings. The summed E-state index contributed by atoms with van der Waals surface area (Å²) in [6.45, 7) is 2.17. The second kappa shape index (κ2) is 5.76. The average Bonchev–Trinajstić information content (AvgIpc) is 2.48. The molecule has 3 rings (SSSR count). The topological polar surface area (TPSA) is 24.9 Å². The van der Waals surface area contributed by atoms with Gasteiger partial charge < -0.3 is 5.32 Å². The van der Waals surface area contributed by atoms with E-state index in [2.05, 4.69) is 60.7 Å². The van der Waals surface area contributed by atoms with Gasteiger partial charge in [-0.3, -0.25) is 4.98 Å². The lowest BCUT2D eigenvalue weighted by Gasteiger charge is -2.36. The first-order chi connectivity index (χ1) is 9.81. The van der Waals surface area contributed by atoms with E-state index in [0.717, 1.165) is 12.8 Å². The number of likely N-dealkylation sites (N-methyl/N-ethyl adjacent to an activating group) is 1. The van der Waals surface area contributed by atoms with Crippen LogP contribution in [0.15, 0.2) is 42.6 Å². The first kappa shape index (κ1) is 13.3. The maximum Gasteiger partial charge on any atom is 0.0419 e. The van der Waals surface area contributed by atoms with E-state index in [0.29, 0.717) is 12.0 Å². The quantitative estimate of drug-likeness (QED) is 0.899. The predicted octanol–water partition coefficient (Wildman–Crippen LogP) is 3.11. The van der Waals surface area contributed by atoms with Crippen molar-refractivity contribution in [3.8, 4) is 0 Å². The summed E-state index contributed by atoms with van der Waals surface area (Å²) < 4.78 is 0. The van der Waals surface area contributed by atoms with Crippen LogP contribution in [0, 0.1) is 0 Å². The van der Waals surface area contributed by atoms with Crippen molar-refractivity contribution in [1.29, 1.82) is 0 Å². The van der Waals surface area contributed by atoms with Gasteiger partial charge in [0.1, 0.15) is 0 Å². The van der Waals surface area contributed by atoms with Gasteiger partial charge in [-0.25, -0.2) is 0 Å². The van der Waals surface area contributed by atoms with Crippen molar-refractivity contribution in [2.75, 3.05) is 7.05 Å². The Morgan fingerprint density at radius 1 is 1.25 bits per heavy atom. The van der Waals surface area contributed by atoms with Gasteiger partial charge in [0, 0.05) is 30.3 Å². The smallest absolute Gasteiger partial charge is 0.0419 e. The lowest BCUT2D eigenvalue weighted by atomic mass is 9.72. The maximum atomic E-state index is 4.59. The molecule has 1 aliphatic carbocycles. The fourth-order valence-corrected chi connectivity index (χ4v) is 3.11. The number of nitrogens with zero attached hydrogens (tertiary/aromatic N) is 1. The number of aryl methyl sites for hydroxylation is 1. The third kappa shape index (κ3) is 2.48. The van der Waals surface area contributed by atoms with Crippen LogP contribution in [-0.4, -0.2) is 18.1 Å². The Morgan fingerprint density at radius 3 is 2.75 bits per heavy atom. The van der Waals surface area contributed by atoms with E-state index < -0.39 is 0 Å². The number of pyridine rings is 1. The second-order valence-electron chi connectivity index (χ2n) is 5.62. The van der Waals surface area contributed by atoms with Crippen molar-refractivity contribution in [2.24, 2.45) is 0 Å². The molecular formula is C18H22N2. The van der Waals surface area contributed by atoms with E-state index in [-0.39, 0.29) is 0 Å². The number of fused-ring (bicyclic) bond motifs is 1. The molecule has 0 saturated heterocycles. The van der Waals surface area contributed by atoms with Gasteiger partial charge in [0.25, 0.3) is 0 Å². The van der Waals surface area contributed by atoms with Crippen LogP contribution in [0.1, 0.15) is 35.2 Å². The van der Waals surface area contributed by atoms with Gasteiger partial charge in [-0.1, -0.05) is 37.3 Å². The average molecular weight is 266 g/mol. The van der Waals surface area contributed by atoms with Gasteiger partial charge >= 0.3 is 0 Å². The molecule has 0 amide bonds. The Labute approximate surface area is 121 Å². The third-order valence-corrected chi connectivity index (χ3v) is 4.47. The van der Waals surface area contributed by atoms with Crippen molar-refractivity contribution in [3.63, 3.8) is 0 Å². The van der Waals surface area contributed by atoms with Crippen LogP contribution >= 0.6 is 0 Å². The molecule has 0 spiro atoms. The summed E-state index contributed by atoms with van der Waals surface area (Å²) in [6.07, 6.45) is 5.25. The Kier molecular flexibility index (Phi) is 3.83. The Hall–Kier alpha value is -1.67. The highest BCUT2D eigenvalue weighted by Gasteiger charge is 2.31. The van der Waals surface area contributed by atoms with Crippen LogP contribution in [0.25, 0.3) is 0 Å². The molecule has 104 valence electrons. The van der Waals surface area contributed by atoms with E-state index in [1.807, 2.05) is 6.20 Å². The molecule has 0 bridgehead atoms. The summed E-state index contributed by atoms with van der Waals surface area (Å²) in [5.74, 6) is 0.629. The summed E-state index contributed by atoms with van der Waals surface area (Å²) in [5, 5.41) is 3.48. The van der Waals surface area contributed by atoms with Crippen LogP contribution in [0.4, 0.5) is 0 Å². The molecule has 2 heteroatoms. The van der Waals surface area contributed by atoms with Crippen LogP contribution in [0.3, 0.4) is 0 Å². The SMILES string of the molecule is CCc1ccc(CC(NC)C2Cc3ccccc32)nc1. The first-order valence-corrected chi connectivity index (χ1v) is 7.50. The Morgan fingerprint density at radius 2 is 2.10 bits per heavy atom. The number of benzene rings is 1. The molecule has 1 N–H and O–H groups in total. The van der Waals surface area contributed by atoms with Crippen molar-refractivity contribution >= 4 is 0 Å². The molecule has 2 atom stereocenters. The zero-order valence-corrected chi connectivity index (χ0v) is 12.3. The lowest BCUT2D eigenvalue weighted by molar-refractivity contribution is 0.419. The maximum absolute atomic E-state index is 4.59. The fourth-order valence-electron chi connectivity index (χ4n) is 3.11. The van der Waals surface area contributed by atoms with E-state index in [4.69, 9.17) is 0 Å². The fraction of sp³-hybridized carbons (Fsp3) is 0.389. The summed E-state index contributed by atoms with van der Waals surface area (Å²) >= 11 is 0. The van der Waals surface area contributed by atoms with Crippen LogP contribution in [0.5, 0.6) is 0 Å².